The van der Waals surface area contributed by atoms with Crippen LogP contribution in [0.5, 0.6) is 0 Å². The van der Waals surface area contributed by atoms with E-state index < -0.39 is 9.84 Å². The zero-order chi connectivity index (χ0) is 21.3. The number of para-hydroxylation sites is 1. The van der Waals surface area contributed by atoms with Crippen molar-refractivity contribution in [2.75, 3.05) is 11.4 Å². The summed E-state index contributed by atoms with van der Waals surface area (Å²) in [5, 5.41) is 0. The Hall–Kier alpha value is -2.99. The molecule has 0 radical (unpaired) electrons. The van der Waals surface area contributed by atoms with Gasteiger partial charge in [0, 0.05) is 12.2 Å². The van der Waals surface area contributed by atoms with Crippen LogP contribution in [0.3, 0.4) is 0 Å². The summed E-state index contributed by atoms with van der Waals surface area (Å²) in [4.78, 5) is 19.7. The van der Waals surface area contributed by atoms with Crippen molar-refractivity contribution < 1.29 is 13.2 Å². The van der Waals surface area contributed by atoms with E-state index in [1.54, 1.807) is 49.1 Å². The number of hydrogen-bond donors (Lipinski definition) is 0. The molecule has 1 aromatic heterocycles. The third-order valence-corrected chi connectivity index (χ3v) is 7.38. The van der Waals surface area contributed by atoms with E-state index in [4.69, 9.17) is 0 Å². The van der Waals surface area contributed by atoms with Gasteiger partial charge in [0.25, 0.3) is 5.91 Å². The van der Waals surface area contributed by atoms with Crippen molar-refractivity contribution in [3.63, 3.8) is 0 Å². The normalized spacial score (nSPS) is 13.7. The summed E-state index contributed by atoms with van der Waals surface area (Å²) < 4.78 is 26.1. The fourth-order valence-electron chi connectivity index (χ4n) is 4.12. The van der Waals surface area contributed by atoms with Gasteiger partial charge in [0.1, 0.15) is 5.69 Å². The minimum absolute atomic E-state index is 0.200. The van der Waals surface area contributed by atoms with Crippen LogP contribution in [-0.2, 0) is 22.0 Å². The number of rotatable bonds is 4. The molecule has 0 saturated heterocycles. The van der Waals surface area contributed by atoms with Crippen LogP contribution >= 0.6 is 0 Å². The van der Waals surface area contributed by atoms with Crippen LogP contribution < -0.4 is 4.90 Å². The van der Waals surface area contributed by atoms with Gasteiger partial charge >= 0.3 is 0 Å². The van der Waals surface area contributed by atoms with Gasteiger partial charge in [0.15, 0.2) is 9.84 Å². The smallest absolute Gasteiger partial charge is 0.276 e. The fourth-order valence-corrected chi connectivity index (χ4v) is 5.93. The highest BCUT2D eigenvalue weighted by molar-refractivity contribution is 7.90. The summed E-state index contributed by atoms with van der Waals surface area (Å²) in [6, 6.07) is 18.3. The topological polar surface area (TPSA) is 67.3 Å². The first-order chi connectivity index (χ1) is 14.4. The van der Waals surface area contributed by atoms with Crippen LogP contribution in [0.2, 0.25) is 0 Å². The Kier molecular flexibility index (Phi) is 5.43. The monoisotopic (exact) mass is 420 g/mol. The minimum atomic E-state index is -3.58. The molecule has 0 atom stereocenters. The van der Waals surface area contributed by atoms with E-state index in [9.17, 15) is 13.2 Å². The highest BCUT2D eigenvalue weighted by Crippen LogP contribution is 2.28. The van der Waals surface area contributed by atoms with Crippen LogP contribution in [0.4, 0.5) is 5.69 Å². The van der Waals surface area contributed by atoms with Crippen molar-refractivity contribution in [3.8, 4) is 0 Å². The van der Waals surface area contributed by atoms with Crippen molar-refractivity contribution >= 4 is 21.4 Å². The third kappa shape index (κ3) is 3.87. The lowest BCUT2D eigenvalue weighted by molar-refractivity contribution is 0.0980. The van der Waals surface area contributed by atoms with Crippen molar-refractivity contribution in [1.29, 1.82) is 0 Å². The van der Waals surface area contributed by atoms with Crippen LogP contribution in [-0.4, -0.2) is 25.9 Å². The summed E-state index contributed by atoms with van der Waals surface area (Å²) in [5.74, 6) is -0.440. The SMILES string of the molecule is Cc1cccc(C)c1S(=O)(=O)Cc1cccc(C(=O)N2CCCc3ccccc32)n1. The molecule has 0 saturated carbocycles. The molecule has 6 heteroatoms. The number of pyridine rings is 1. The maximum atomic E-state index is 13.2. The number of fused-ring (bicyclic) bond motifs is 1. The molecule has 0 fully saturated rings. The molecule has 0 unspecified atom stereocenters. The van der Waals surface area contributed by atoms with Crippen LogP contribution in [0, 0.1) is 13.8 Å². The molecule has 5 nitrogen and oxygen atoms in total. The van der Waals surface area contributed by atoms with Gasteiger partial charge in [-0.3, -0.25) is 4.79 Å². The Bertz CT molecular complexity index is 1200. The maximum absolute atomic E-state index is 13.2. The second kappa shape index (κ2) is 8.03. The highest BCUT2D eigenvalue weighted by atomic mass is 32.2. The number of nitrogens with zero attached hydrogens (tertiary/aromatic N) is 2. The molecule has 4 rings (SSSR count). The Labute approximate surface area is 177 Å². The number of benzene rings is 2. The lowest BCUT2D eigenvalue weighted by Crippen LogP contribution is -2.36. The molecule has 1 aliphatic heterocycles. The van der Waals surface area contributed by atoms with Crippen LogP contribution in [0.15, 0.2) is 65.6 Å². The Morgan fingerprint density at radius 1 is 0.967 bits per heavy atom. The van der Waals surface area contributed by atoms with E-state index in [1.165, 1.54) is 0 Å². The van der Waals surface area contributed by atoms with Crippen molar-refractivity contribution in [3.05, 3.63) is 88.7 Å². The standard InChI is InChI=1S/C24H24N2O3S/c1-17-8-5-9-18(2)23(17)30(28,29)16-20-12-6-13-21(25-20)24(27)26-15-7-11-19-10-3-4-14-22(19)26/h3-6,8-10,12-14H,7,11,15-16H2,1-2H3. The molecule has 154 valence electrons. The van der Waals surface area contributed by atoms with Gasteiger partial charge in [-0.15, -0.1) is 0 Å². The average Bonchev–Trinajstić information content (AvgIpc) is 2.72. The van der Waals surface area contributed by atoms with Gasteiger partial charge in [-0.05, 0) is 61.6 Å². The van der Waals surface area contributed by atoms with Gasteiger partial charge < -0.3 is 4.90 Å². The molecular weight excluding hydrogens is 396 g/mol. The van der Waals surface area contributed by atoms with Gasteiger partial charge in [-0.25, -0.2) is 13.4 Å². The first kappa shape index (κ1) is 20.3. The number of anilines is 1. The van der Waals surface area contributed by atoms with Gasteiger partial charge in [0.05, 0.1) is 16.3 Å². The quantitative estimate of drug-likeness (QED) is 0.632. The molecule has 3 aromatic rings. The minimum Gasteiger partial charge on any atom is -0.307 e. The zero-order valence-electron chi connectivity index (χ0n) is 17.1. The zero-order valence-corrected chi connectivity index (χ0v) is 17.9. The molecule has 0 N–H and O–H groups in total. The largest absolute Gasteiger partial charge is 0.307 e. The predicted octanol–water partition coefficient (Wildman–Crippen LogP) is 4.27. The van der Waals surface area contributed by atoms with E-state index in [0.717, 1.165) is 24.1 Å². The number of aryl methyl sites for hydroxylation is 3. The van der Waals surface area contributed by atoms with Gasteiger partial charge in [0.2, 0.25) is 0 Å². The Morgan fingerprint density at radius 2 is 1.67 bits per heavy atom. The second-order valence-corrected chi connectivity index (χ2v) is 9.61. The molecule has 0 bridgehead atoms. The predicted molar refractivity (Wildman–Crippen MR) is 117 cm³/mol. The van der Waals surface area contributed by atoms with Crippen LogP contribution in [0.1, 0.15) is 39.3 Å². The van der Waals surface area contributed by atoms with Crippen LogP contribution in [0.25, 0.3) is 0 Å². The van der Waals surface area contributed by atoms with E-state index in [0.29, 0.717) is 28.3 Å². The summed E-state index contributed by atoms with van der Waals surface area (Å²) in [6.07, 6.45) is 1.84. The molecular formula is C24H24N2O3S. The third-order valence-electron chi connectivity index (χ3n) is 5.44. The van der Waals surface area contributed by atoms with E-state index in [1.807, 2.05) is 30.3 Å². The lowest BCUT2D eigenvalue weighted by Gasteiger charge is -2.29. The first-order valence-corrected chi connectivity index (χ1v) is 11.7. The van der Waals surface area contributed by atoms with Crippen molar-refractivity contribution in [2.45, 2.75) is 37.3 Å². The lowest BCUT2D eigenvalue weighted by atomic mass is 10.0. The van der Waals surface area contributed by atoms with E-state index >= 15 is 0 Å². The molecule has 2 heterocycles. The molecule has 2 aromatic carbocycles. The average molecular weight is 421 g/mol. The molecule has 1 aliphatic rings. The van der Waals surface area contributed by atoms with E-state index in [-0.39, 0.29) is 17.4 Å². The number of amides is 1. The number of hydrogen-bond acceptors (Lipinski definition) is 4. The summed E-state index contributed by atoms with van der Waals surface area (Å²) in [5.41, 5.74) is 4.11. The van der Waals surface area contributed by atoms with Gasteiger partial charge in [-0.1, -0.05) is 42.5 Å². The first-order valence-electron chi connectivity index (χ1n) is 10.0. The number of sulfone groups is 1. The highest BCUT2D eigenvalue weighted by Gasteiger charge is 2.25. The molecule has 30 heavy (non-hydrogen) atoms. The Balaban J connectivity index is 1.63. The Morgan fingerprint density at radius 3 is 2.43 bits per heavy atom. The van der Waals surface area contributed by atoms with Crippen molar-refractivity contribution in [1.82, 2.24) is 4.98 Å². The molecule has 1 amide bonds. The van der Waals surface area contributed by atoms with E-state index in [2.05, 4.69) is 4.98 Å². The molecule has 0 spiro atoms. The number of aromatic nitrogens is 1. The van der Waals surface area contributed by atoms with Crippen molar-refractivity contribution in [2.24, 2.45) is 0 Å². The summed E-state index contributed by atoms with van der Waals surface area (Å²) >= 11 is 0. The number of carbonyl (C=O) groups excluding carboxylic acids is 1. The second-order valence-electron chi connectivity index (χ2n) is 7.68. The van der Waals surface area contributed by atoms with Gasteiger partial charge in [-0.2, -0.15) is 0 Å². The molecule has 0 aliphatic carbocycles. The maximum Gasteiger partial charge on any atom is 0.276 e. The summed E-state index contributed by atoms with van der Waals surface area (Å²) in [6.45, 7) is 4.21. The summed E-state index contributed by atoms with van der Waals surface area (Å²) in [7, 11) is -3.58. The number of carbonyl (C=O) groups is 1. The fraction of sp³-hybridized carbons (Fsp3) is 0.250.